The SMILES string of the molecule is c1ccc(-c2cccc(-c3ccc(N(c4ccccc4)c4ccc(-c5cccc(-c6ccc7ccccc7c6)c5)cc4)cc3)c2)cc1. The van der Waals surface area contributed by atoms with Crippen LogP contribution < -0.4 is 4.90 Å². The van der Waals surface area contributed by atoms with Crippen LogP contribution in [-0.2, 0) is 0 Å². The van der Waals surface area contributed by atoms with E-state index in [9.17, 15) is 0 Å². The van der Waals surface area contributed by atoms with Gasteiger partial charge in [-0.3, -0.25) is 0 Å². The van der Waals surface area contributed by atoms with E-state index < -0.39 is 0 Å². The molecule has 0 heterocycles. The fourth-order valence-electron chi connectivity index (χ4n) is 6.39. The lowest BCUT2D eigenvalue weighted by molar-refractivity contribution is 1.28. The van der Waals surface area contributed by atoms with E-state index in [1.165, 1.54) is 55.3 Å². The highest BCUT2D eigenvalue weighted by Gasteiger charge is 2.13. The average molecular weight is 600 g/mol. The van der Waals surface area contributed by atoms with Gasteiger partial charge in [-0.05, 0) is 110 Å². The molecule has 0 amide bonds. The van der Waals surface area contributed by atoms with Gasteiger partial charge in [0.05, 0.1) is 0 Å². The summed E-state index contributed by atoms with van der Waals surface area (Å²) in [4.78, 5) is 2.32. The zero-order valence-corrected chi connectivity index (χ0v) is 26.0. The third kappa shape index (κ3) is 5.95. The Morgan fingerprint density at radius 2 is 0.574 bits per heavy atom. The van der Waals surface area contributed by atoms with Crippen molar-refractivity contribution >= 4 is 27.8 Å². The van der Waals surface area contributed by atoms with E-state index in [4.69, 9.17) is 0 Å². The Labute approximate surface area is 276 Å². The maximum atomic E-state index is 2.32. The van der Waals surface area contributed by atoms with Crippen LogP contribution in [-0.4, -0.2) is 0 Å². The van der Waals surface area contributed by atoms with E-state index >= 15 is 0 Å². The van der Waals surface area contributed by atoms with Crippen molar-refractivity contribution in [1.29, 1.82) is 0 Å². The zero-order valence-electron chi connectivity index (χ0n) is 26.0. The maximum absolute atomic E-state index is 2.32. The summed E-state index contributed by atoms with van der Waals surface area (Å²) in [5.41, 5.74) is 13.1. The third-order valence-corrected chi connectivity index (χ3v) is 8.85. The van der Waals surface area contributed by atoms with Crippen LogP contribution >= 0.6 is 0 Å². The summed E-state index contributed by atoms with van der Waals surface area (Å²) in [5, 5.41) is 2.52. The summed E-state index contributed by atoms with van der Waals surface area (Å²) in [5.74, 6) is 0. The number of fused-ring (bicyclic) bond motifs is 1. The maximum Gasteiger partial charge on any atom is 0.0462 e. The molecule has 0 radical (unpaired) electrons. The zero-order chi connectivity index (χ0) is 31.4. The van der Waals surface area contributed by atoms with Crippen molar-refractivity contribution in [2.75, 3.05) is 4.90 Å². The molecule has 1 nitrogen and oxygen atoms in total. The minimum absolute atomic E-state index is 1.12. The summed E-state index contributed by atoms with van der Waals surface area (Å²) in [7, 11) is 0. The molecule has 8 aromatic carbocycles. The third-order valence-electron chi connectivity index (χ3n) is 8.85. The van der Waals surface area contributed by atoms with Crippen molar-refractivity contribution in [1.82, 2.24) is 0 Å². The molecule has 47 heavy (non-hydrogen) atoms. The first-order valence-corrected chi connectivity index (χ1v) is 16.1. The van der Waals surface area contributed by atoms with Crippen molar-refractivity contribution in [3.05, 3.63) is 200 Å². The molecule has 0 aliphatic heterocycles. The Kier molecular flexibility index (Phi) is 7.63. The van der Waals surface area contributed by atoms with Crippen LogP contribution in [0.4, 0.5) is 17.1 Å². The Balaban J connectivity index is 1.10. The number of hydrogen-bond acceptors (Lipinski definition) is 1. The monoisotopic (exact) mass is 599 g/mol. The van der Waals surface area contributed by atoms with E-state index in [0.717, 1.165) is 17.1 Å². The second-order valence-corrected chi connectivity index (χ2v) is 11.9. The highest BCUT2D eigenvalue weighted by atomic mass is 15.1. The minimum atomic E-state index is 1.12. The molecule has 0 bridgehead atoms. The van der Waals surface area contributed by atoms with Crippen molar-refractivity contribution in [3.63, 3.8) is 0 Å². The second kappa shape index (κ2) is 12.7. The number of rotatable bonds is 7. The molecule has 0 atom stereocenters. The van der Waals surface area contributed by atoms with Crippen LogP contribution in [0, 0.1) is 0 Å². The lowest BCUT2D eigenvalue weighted by atomic mass is 9.97. The Morgan fingerprint density at radius 1 is 0.213 bits per heavy atom. The molecule has 0 fully saturated rings. The predicted octanol–water partition coefficient (Wildman–Crippen LogP) is 13.0. The van der Waals surface area contributed by atoms with E-state index in [1.54, 1.807) is 0 Å². The van der Waals surface area contributed by atoms with E-state index in [-0.39, 0.29) is 0 Å². The predicted molar refractivity (Wildman–Crippen MR) is 200 cm³/mol. The van der Waals surface area contributed by atoms with Gasteiger partial charge in [0.15, 0.2) is 0 Å². The molecule has 222 valence electrons. The van der Waals surface area contributed by atoms with Gasteiger partial charge in [-0.25, -0.2) is 0 Å². The van der Waals surface area contributed by atoms with E-state index in [0.29, 0.717) is 0 Å². The lowest BCUT2D eigenvalue weighted by Gasteiger charge is -2.26. The molecule has 0 aliphatic rings. The first-order chi connectivity index (χ1) is 23.3. The van der Waals surface area contributed by atoms with Crippen LogP contribution in [0.3, 0.4) is 0 Å². The van der Waals surface area contributed by atoms with Crippen LogP contribution in [0.1, 0.15) is 0 Å². The standard InChI is InChI=1S/C46H33N/c1-3-11-34(12-4-1)39-15-9-16-40(31-39)36-23-27-45(28-24-36)47(44-19-5-2-6-20-44)46-29-25-37(26-30-46)41-17-10-18-42(32-41)43-22-21-35-13-7-8-14-38(35)33-43/h1-33H. The Morgan fingerprint density at radius 3 is 1.13 bits per heavy atom. The molecule has 8 aromatic rings. The van der Waals surface area contributed by atoms with Gasteiger partial charge in [0.25, 0.3) is 0 Å². The molecule has 0 unspecified atom stereocenters. The van der Waals surface area contributed by atoms with Gasteiger partial charge in [-0.15, -0.1) is 0 Å². The average Bonchev–Trinajstić information content (AvgIpc) is 3.16. The van der Waals surface area contributed by atoms with Gasteiger partial charge >= 0.3 is 0 Å². The highest BCUT2D eigenvalue weighted by molar-refractivity contribution is 5.88. The van der Waals surface area contributed by atoms with Crippen molar-refractivity contribution in [2.24, 2.45) is 0 Å². The van der Waals surface area contributed by atoms with Crippen LogP contribution in [0.5, 0.6) is 0 Å². The number of para-hydroxylation sites is 1. The number of anilines is 3. The molecular formula is C46H33N. The largest absolute Gasteiger partial charge is 0.311 e. The molecule has 0 saturated heterocycles. The molecule has 8 rings (SSSR count). The molecule has 0 aliphatic carbocycles. The Hall–Kier alpha value is -6.18. The van der Waals surface area contributed by atoms with E-state index in [1.807, 2.05) is 0 Å². The molecule has 0 aromatic heterocycles. The summed E-state index contributed by atoms with van der Waals surface area (Å²) in [6.07, 6.45) is 0. The van der Waals surface area contributed by atoms with Crippen LogP contribution in [0.2, 0.25) is 0 Å². The fourth-order valence-corrected chi connectivity index (χ4v) is 6.39. The first-order valence-electron chi connectivity index (χ1n) is 16.1. The van der Waals surface area contributed by atoms with Gasteiger partial charge < -0.3 is 4.90 Å². The molecule has 1 heteroatoms. The summed E-state index contributed by atoms with van der Waals surface area (Å²) >= 11 is 0. The second-order valence-electron chi connectivity index (χ2n) is 11.9. The normalized spacial score (nSPS) is 11.0. The van der Waals surface area contributed by atoms with Crippen LogP contribution in [0.15, 0.2) is 200 Å². The van der Waals surface area contributed by atoms with Crippen molar-refractivity contribution in [2.45, 2.75) is 0 Å². The first kappa shape index (κ1) is 28.3. The fraction of sp³-hybridized carbons (Fsp3) is 0. The van der Waals surface area contributed by atoms with Gasteiger partial charge in [-0.2, -0.15) is 0 Å². The topological polar surface area (TPSA) is 3.24 Å². The molecule has 0 saturated carbocycles. The molecule has 0 N–H and O–H groups in total. The number of hydrogen-bond donors (Lipinski definition) is 0. The molecular weight excluding hydrogens is 567 g/mol. The van der Waals surface area contributed by atoms with Crippen molar-refractivity contribution in [3.8, 4) is 44.5 Å². The van der Waals surface area contributed by atoms with Gasteiger partial charge in [0.2, 0.25) is 0 Å². The number of benzene rings is 8. The quantitative estimate of drug-likeness (QED) is 0.176. The van der Waals surface area contributed by atoms with Gasteiger partial charge in [0, 0.05) is 17.1 Å². The highest BCUT2D eigenvalue weighted by Crippen LogP contribution is 2.37. The minimum Gasteiger partial charge on any atom is -0.311 e. The summed E-state index contributed by atoms with van der Waals surface area (Å²) < 4.78 is 0. The van der Waals surface area contributed by atoms with Crippen LogP contribution in [0.25, 0.3) is 55.3 Å². The molecule has 0 spiro atoms. The van der Waals surface area contributed by atoms with Gasteiger partial charge in [-0.1, -0.05) is 146 Å². The number of nitrogens with zero attached hydrogens (tertiary/aromatic N) is 1. The van der Waals surface area contributed by atoms with Gasteiger partial charge in [0.1, 0.15) is 0 Å². The summed E-state index contributed by atoms with van der Waals surface area (Å²) in [6.45, 7) is 0. The smallest absolute Gasteiger partial charge is 0.0462 e. The van der Waals surface area contributed by atoms with Crippen molar-refractivity contribution < 1.29 is 0 Å². The Bertz CT molecular complexity index is 2270. The lowest BCUT2D eigenvalue weighted by Crippen LogP contribution is -2.09. The van der Waals surface area contributed by atoms with E-state index in [2.05, 4.69) is 205 Å². The summed E-state index contributed by atoms with van der Waals surface area (Å²) in [6, 6.07) is 71.8.